The molecule has 0 unspecified atom stereocenters. The molecule has 1 aromatic carbocycles. The van der Waals surface area contributed by atoms with Gasteiger partial charge in [-0.1, -0.05) is 6.07 Å². The average Bonchev–Trinajstić information content (AvgIpc) is 2.85. The van der Waals surface area contributed by atoms with E-state index in [4.69, 9.17) is 16.3 Å². The van der Waals surface area contributed by atoms with Crippen molar-refractivity contribution in [3.05, 3.63) is 40.4 Å². The van der Waals surface area contributed by atoms with Crippen LogP contribution >= 0.6 is 27.5 Å². The molecule has 4 nitrogen and oxygen atoms in total. The van der Waals surface area contributed by atoms with Crippen molar-refractivity contribution in [3.8, 4) is 5.75 Å². The van der Waals surface area contributed by atoms with Crippen LogP contribution in [0.15, 0.2) is 29.0 Å². The minimum atomic E-state index is 0.267. The molecule has 102 valence electrons. The first-order valence-corrected chi connectivity index (χ1v) is 7.30. The molecule has 0 aliphatic heterocycles. The zero-order valence-corrected chi connectivity index (χ0v) is 13.1. The van der Waals surface area contributed by atoms with E-state index in [1.807, 2.05) is 22.9 Å². The maximum atomic E-state index is 5.78. The fraction of sp³-hybridized carbons (Fsp3) is 0.385. The van der Waals surface area contributed by atoms with E-state index in [2.05, 4.69) is 39.9 Å². The highest BCUT2D eigenvalue weighted by Gasteiger charge is 2.09. The van der Waals surface area contributed by atoms with E-state index in [-0.39, 0.29) is 6.04 Å². The summed E-state index contributed by atoms with van der Waals surface area (Å²) < 4.78 is 8.50. The predicted molar refractivity (Wildman–Crippen MR) is 78.4 cm³/mol. The first-order valence-electron chi connectivity index (χ1n) is 5.97. The molecular formula is C13H15BrClN3O. The van der Waals surface area contributed by atoms with Crippen LogP contribution in [-0.2, 0) is 12.5 Å². The maximum Gasteiger partial charge on any atom is 0.165 e. The van der Waals surface area contributed by atoms with Gasteiger partial charge in [0.05, 0.1) is 4.47 Å². The van der Waals surface area contributed by atoms with Gasteiger partial charge in [0.25, 0.3) is 0 Å². The second-order valence-corrected chi connectivity index (χ2v) is 5.52. The molecule has 0 aliphatic rings. The molecule has 0 atom stereocenters. The van der Waals surface area contributed by atoms with Crippen molar-refractivity contribution < 1.29 is 4.74 Å². The zero-order valence-electron chi connectivity index (χ0n) is 10.8. The highest BCUT2D eigenvalue weighted by molar-refractivity contribution is 9.10. The number of halogens is 2. The molecule has 2 rings (SSSR count). The Labute approximate surface area is 125 Å². The molecule has 2 aromatic rings. The molecule has 0 bridgehead atoms. The van der Waals surface area contributed by atoms with Crippen LogP contribution in [0.1, 0.15) is 31.3 Å². The summed E-state index contributed by atoms with van der Waals surface area (Å²) in [6, 6.07) is 6.07. The third-order valence-corrected chi connectivity index (χ3v) is 3.57. The molecule has 0 amide bonds. The van der Waals surface area contributed by atoms with Crippen LogP contribution in [0.2, 0.25) is 0 Å². The summed E-state index contributed by atoms with van der Waals surface area (Å²) >= 11 is 9.26. The number of hydrogen-bond acceptors (Lipinski definition) is 3. The average molecular weight is 345 g/mol. The maximum absolute atomic E-state index is 5.78. The number of nitrogens with zero attached hydrogens (tertiary/aromatic N) is 3. The normalized spacial score (nSPS) is 11.0. The lowest BCUT2D eigenvalue weighted by Gasteiger charge is -2.11. The molecule has 0 spiro atoms. The molecule has 1 heterocycles. The summed E-state index contributed by atoms with van der Waals surface area (Å²) in [5.74, 6) is 2.07. The van der Waals surface area contributed by atoms with E-state index in [0.717, 1.165) is 21.6 Å². The number of benzene rings is 1. The first-order chi connectivity index (χ1) is 9.11. The number of alkyl halides is 1. The standard InChI is InChI=1S/C13H15BrClN3O/c1-9(2)18-13(16-8-17-18)7-19-12-4-3-10(6-15)5-11(12)14/h3-5,8-9H,6-7H2,1-2H3. The van der Waals surface area contributed by atoms with Crippen molar-refractivity contribution in [3.63, 3.8) is 0 Å². The summed E-state index contributed by atoms with van der Waals surface area (Å²) in [4.78, 5) is 4.21. The van der Waals surface area contributed by atoms with Crippen LogP contribution in [0, 0.1) is 0 Å². The minimum absolute atomic E-state index is 0.267. The highest BCUT2D eigenvalue weighted by atomic mass is 79.9. The highest BCUT2D eigenvalue weighted by Crippen LogP contribution is 2.27. The van der Waals surface area contributed by atoms with Gasteiger partial charge in [0.1, 0.15) is 18.7 Å². The van der Waals surface area contributed by atoms with E-state index in [1.165, 1.54) is 0 Å². The fourth-order valence-corrected chi connectivity index (χ4v) is 2.40. The quantitative estimate of drug-likeness (QED) is 0.771. The van der Waals surface area contributed by atoms with Crippen molar-refractivity contribution in [2.75, 3.05) is 0 Å². The first kappa shape index (κ1) is 14.3. The van der Waals surface area contributed by atoms with Gasteiger partial charge >= 0.3 is 0 Å². The lowest BCUT2D eigenvalue weighted by molar-refractivity contribution is 0.280. The molecular weight excluding hydrogens is 330 g/mol. The lowest BCUT2D eigenvalue weighted by Crippen LogP contribution is -2.10. The van der Waals surface area contributed by atoms with Gasteiger partial charge in [-0.3, -0.25) is 0 Å². The number of aromatic nitrogens is 3. The fourth-order valence-electron chi connectivity index (χ4n) is 1.70. The predicted octanol–water partition coefficient (Wildman–Crippen LogP) is 3.94. The molecule has 6 heteroatoms. The van der Waals surface area contributed by atoms with Crippen LogP contribution in [-0.4, -0.2) is 14.8 Å². The van der Waals surface area contributed by atoms with Gasteiger partial charge in [-0.25, -0.2) is 9.67 Å². The van der Waals surface area contributed by atoms with Crippen LogP contribution < -0.4 is 4.74 Å². The van der Waals surface area contributed by atoms with Crippen LogP contribution in [0.5, 0.6) is 5.75 Å². The molecule has 0 radical (unpaired) electrons. The summed E-state index contributed by atoms with van der Waals surface area (Å²) in [5, 5.41) is 4.17. The molecule has 19 heavy (non-hydrogen) atoms. The van der Waals surface area contributed by atoms with E-state index in [9.17, 15) is 0 Å². The molecule has 0 aliphatic carbocycles. The van der Waals surface area contributed by atoms with E-state index < -0.39 is 0 Å². The van der Waals surface area contributed by atoms with Gasteiger partial charge in [-0.05, 0) is 47.5 Å². The summed E-state index contributed by atoms with van der Waals surface area (Å²) in [6.45, 7) is 4.50. The van der Waals surface area contributed by atoms with Crippen molar-refractivity contribution in [2.45, 2.75) is 32.4 Å². The third-order valence-electron chi connectivity index (χ3n) is 2.64. The summed E-state index contributed by atoms with van der Waals surface area (Å²) in [5.41, 5.74) is 1.05. The summed E-state index contributed by atoms with van der Waals surface area (Å²) in [6.07, 6.45) is 1.55. The Morgan fingerprint density at radius 3 is 2.84 bits per heavy atom. The van der Waals surface area contributed by atoms with Gasteiger partial charge in [0.2, 0.25) is 0 Å². The second-order valence-electron chi connectivity index (χ2n) is 4.40. The van der Waals surface area contributed by atoms with Gasteiger partial charge in [-0.2, -0.15) is 5.10 Å². The molecule has 0 saturated heterocycles. The Morgan fingerprint density at radius 1 is 1.42 bits per heavy atom. The van der Waals surface area contributed by atoms with Crippen LogP contribution in [0.4, 0.5) is 0 Å². The largest absolute Gasteiger partial charge is 0.484 e. The second kappa shape index (κ2) is 6.39. The minimum Gasteiger partial charge on any atom is -0.484 e. The topological polar surface area (TPSA) is 39.9 Å². The van der Waals surface area contributed by atoms with Gasteiger partial charge in [-0.15, -0.1) is 11.6 Å². The van der Waals surface area contributed by atoms with E-state index in [1.54, 1.807) is 6.33 Å². The lowest BCUT2D eigenvalue weighted by atomic mass is 10.2. The zero-order chi connectivity index (χ0) is 13.8. The summed E-state index contributed by atoms with van der Waals surface area (Å²) in [7, 11) is 0. The molecule has 1 aromatic heterocycles. The van der Waals surface area contributed by atoms with Crippen LogP contribution in [0.3, 0.4) is 0 Å². The third kappa shape index (κ3) is 3.48. The Kier molecular flexibility index (Phi) is 4.82. The van der Waals surface area contributed by atoms with Gasteiger partial charge < -0.3 is 4.74 Å². The van der Waals surface area contributed by atoms with E-state index in [0.29, 0.717) is 12.5 Å². The van der Waals surface area contributed by atoms with Crippen LogP contribution in [0.25, 0.3) is 0 Å². The number of ether oxygens (including phenoxy) is 1. The van der Waals surface area contributed by atoms with Crippen molar-refractivity contribution >= 4 is 27.5 Å². The molecule has 0 fully saturated rings. The van der Waals surface area contributed by atoms with Gasteiger partial charge in [0, 0.05) is 11.9 Å². The Morgan fingerprint density at radius 2 is 2.21 bits per heavy atom. The number of rotatable bonds is 5. The smallest absolute Gasteiger partial charge is 0.165 e. The van der Waals surface area contributed by atoms with E-state index >= 15 is 0 Å². The Hall–Kier alpha value is -1.07. The monoisotopic (exact) mass is 343 g/mol. The number of hydrogen-bond donors (Lipinski definition) is 0. The Balaban J connectivity index is 2.08. The van der Waals surface area contributed by atoms with Gasteiger partial charge in [0.15, 0.2) is 5.82 Å². The SMILES string of the molecule is CC(C)n1ncnc1COc1ccc(CCl)cc1Br. The Bertz CT molecular complexity index is 557. The van der Waals surface area contributed by atoms with Crippen molar-refractivity contribution in [1.29, 1.82) is 0 Å². The molecule has 0 saturated carbocycles. The molecule has 0 N–H and O–H groups in total. The van der Waals surface area contributed by atoms with Crippen molar-refractivity contribution in [2.24, 2.45) is 0 Å². The van der Waals surface area contributed by atoms with Crippen molar-refractivity contribution in [1.82, 2.24) is 14.8 Å².